The Morgan fingerprint density at radius 3 is 2.03 bits per heavy atom. The third-order valence-electron chi connectivity index (χ3n) is 5.08. The average Bonchev–Trinajstić information content (AvgIpc) is 2.82. The van der Waals surface area contributed by atoms with Crippen LogP contribution in [0.5, 0.6) is 5.75 Å². The van der Waals surface area contributed by atoms with Crippen LogP contribution in [0.25, 0.3) is 0 Å². The van der Waals surface area contributed by atoms with Crippen LogP contribution in [0.2, 0.25) is 0 Å². The highest BCUT2D eigenvalue weighted by atomic mass is 16.5. The van der Waals surface area contributed by atoms with Crippen molar-refractivity contribution < 1.29 is 14.3 Å². The SMILES string of the molecule is CC(CCc1ccccc1)NC(=O)CCC(=O)Nc1ccc(OCc2ccccc2)cc1. The summed E-state index contributed by atoms with van der Waals surface area (Å²) in [6.45, 7) is 2.48. The molecule has 0 aliphatic rings. The second-order valence-corrected chi connectivity index (χ2v) is 7.84. The van der Waals surface area contributed by atoms with Gasteiger partial charge in [0.2, 0.25) is 11.8 Å². The molecule has 0 aliphatic carbocycles. The molecule has 3 aromatic rings. The van der Waals surface area contributed by atoms with E-state index in [1.54, 1.807) is 12.1 Å². The van der Waals surface area contributed by atoms with Crippen LogP contribution in [0.15, 0.2) is 84.9 Å². The van der Waals surface area contributed by atoms with Crippen LogP contribution in [0.1, 0.15) is 37.3 Å². The standard InChI is InChI=1S/C27H30N2O3/c1-21(12-13-22-8-4-2-5-9-22)28-26(30)18-19-27(31)29-24-14-16-25(17-15-24)32-20-23-10-6-3-7-11-23/h2-11,14-17,21H,12-13,18-20H2,1H3,(H,28,30)(H,29,31). The first kappa shape index (κ1) is 23.1. The summed E-state index contributed by atoms with van der Waals surface area (Å²) >= 11 is 0. The van der Waals surface area contributed by atoms with Gasteiger partial charge < -0.3 is 15.4 Å². The highest BCUT2D eigenvalue weighted by molar-refractivity contribution is 5.93. The topological polar surface area (TPSA) is 67.4 Å². The van der Waals surface area contributed by atoms with Crippen molar-refractivity contribution in [1.29, 1.82) is 0 Å². The largest absolute Gasteiger partial charge is 0.489 e. The van der Waals surface area contributed by atoms with Crippen LogP contribution < -0.4 is 15.4 Å². The van der Waals surface area contributed by atoms with Gasteiger partial charge in [-0.05, 0) is 55.2 Å². The Morgan fingerprint density at radius 2 is 1.38 bits per heavy atom. The van der Waals surface area contributed by atoms with Gasteiger partial charge in [-0.1, -0.05) is 60.7 Å². The minimum Gasteiger partial charge on any atom is -0.489 e. The van der Waals surface area contributed by atoms with E-state index in [1.807, 2.05) is 67.6 Å². The number of rotatable bonds is 11. The molecule has 3 aromatic carbocycles. The van der Waals surface area contributed by atoms with Gasteiger partial charge in [-0.2, -0.15) is 0 Å². The second-order valence-electron chi connectivity index (χ2n) is 7.84. The minimum absolute atomic E-state index is 0.0641. The van der Waals surface area contributed by atoms with E-state index >= 15 is 0 Å². The van der Waals surface area contributed by atoms with E-state index in [0.29, 0.717) is 12.3 Å². The van der Waals surface area contributed by atoms with Gasteiger partial charge in [-0.3, -0.25) is 9.59 Å². The second kappa shape index (κ2) is 12.3. The molecule has 1 unspecified atom stereocenters. The Kier molecular flexibility index (Phi) is 8.87. The van der Waals surface area contributed by atoms with Crippen molar-refractivity contribution >= 4 is 17.5 Å². The van der Waals surface area contributed by atoms with Crippen LogP contribution >= 0.6 is 0 Å². The molecule has 32 heavy (non-hydrogen) atoms. The molecule has 0 aromatic heterocycles. The number of benzene rings is 3. The van der Waals surface area contributed by atoms with Crippen LogP contribution in [0, 0.1) is 0 Å². The lowest BCUT2D eigenvalue weighted by molar-refractivity contribution is -0.124. The predicted molar refractivity (Wildman–Crippen MR) is 127 cm³/mol. The number of aryl methyl sites for hydroxylation is 1. The number of carbonyl (C=O) groups is 2. The zero-order valence-corrected chi connectivity index (χ0v) is 18.4. The van der Waals surface area contributed by atoms with Gasteiger partial charge >= 0.3 is 0 Å². The lowest BCUT2D eigenvalue weighted by Gasteiger charge is -2.14. The molecule has 1 atom stereocenters. The molecular formula is C27H30N2O3. The molecule has 2 N–H and O–H groups in total. The van der Waals surface area contributed by atoms with Crippen LogP contribution in [0.4, 0.5) is 5.69 Å². The number of amides is 2. The maximum absolute atomic E-state index is 12.2. The normalized spacial score (nSPS) is 11.4. The molecule has 0 saturated carbocycles. The molecule has 0 heterocycles. The highest BCUT2D eigenvalue weighted by Gasteiger charge is 2.10. The van der Waals surface area contributed by atoms with Gasteiger partial charge in [-0.15, -0.1) is 0 Å². The summed E-state index contributed by atoms with van der Waals surface area (Å²) in [4.78, 5) is 24.3. The van der Waals surface area contributed by atoms with E-state index < -0.39 is 0 Å². The smallest absolute Gasteiger partial charge is 0.224 e. The van der Waals surface area contributed by atoms with E-state index in [2.05, 4.69) is 22.8 Å². The van der Waals surface area contributed by atoms with Gasteiger partial charge in [0.05, 0.1) is 0 Å². The molecule has 0 aliphatic heterocycles. The van der Waals surface area contributed by atoms with Crippen molar-refractivity contribution in [2.45, 2.75) is 45.3 Å². The van der Waals surface area contributed by atoms with Gasteiger partial charge in [-0.25, -0.2) is 0 Å². The van der Waals surface area contributed by atoms with Crippen molar-refractivity contribution in [3.8, 4) is 5.75 Å². The molecule has 0 radical (unpaired) electrons. The zero-order valence-electron chi connectivity index (χ0n) is 18.4. The third kappa shape index (κ3) is 8.26. The summed E-state index contributed by atoms with van der Waals surface area (Å²) in [5, 5.41) is 5.79. The first-order valence-electron chi connectivity index (χ1n) is 11.0. The molecule has 3 rings (SSSR count). The van der Waals surface area contributed by atoms with Crippen molar-refractivity contribution in [1.82, 2.24) is 5.32 Å². The molecule has 0 fully saturated rings. The number of carbonyl (C=O) groups excluding carboxylic acids is 2. The Hall–Kier alpha value is -3.60. The maximum Gasteiger partial charge on any atom is 0.224 e. The van der Waals surface area contributed by atoms with E-state index in [-0.39, 0.29) is 30.7 Å². The molecule has 166 valence electrons. The Balaban J connectivity index is 1.33. The lowest BCUT2D eigenvalue weighted by atomic mass is 10.1. The fourth-order valence-electron chi connectivity index (χ4n) is 3.27. The summed E-state index contributed by atoms with van der Waals surface area (Å²) < 4.78 is 5.75. The predicted octanol–water partition coefficient (Wildman–Crippen LogP) is 5.12. The van der Waals surface area contributed by atoms with Crippen LogP contribution in [0.3, 0.4) is 0 Å². The number of anilines is 1. The van der Waals surface area contributed by atoms with Crippen molar-refractivity contribution in [2.24, 2.45) is 0 Å². The van der Waals surface area contributed by atoms with E-state index in [9.17, 15) is 9.59 Å². The lowest BCUT2D eigenvalue weighted by Crippen LogP contribution is -2.33. The quantitative estimate of drug-likeness (QED) is 0.444. The van der Waals surface area contributed by atoms with E-state index in [1.165, 1.54) is 5.56 Å². The number of nitrogens with one attached hydrogen (secondary N) is 2. The van der Waals surface area contributed by atoms with Gasteiger partial charge in [0, 0.05) is 24.6 Å². The van der Waals surface area contributed by atoms with Crippen molar-refractivity contribution in [3.63, 3.8) is 0 Å². The van der Waals surface area contributed by atoms with Gasteiger partial charge in [0.1, 0.15) is 12.4 Å². The summed E-state index contributed by atoms with van der Waals surface area (Å²) in [7, 11) is 0. The Labute approximate surface area is 189 Å². The average molecular weight is 431 g/mol. The van der Waals surface area contributed by atoms with Gasteiger partial charge in [0.15, 0.2) is 0 Å². The van der Waals surface area contributed by atoms with E-state index in [0.717, 1.165) is 24.2 Å². The summed E-state index contributed by atoms with van der Waals surface area (Å²) in [5.41, 5.74) is 3.03. The molecule has 0 spiro atoms. The first-order chi connectivity index (χ1) is 15.6. The van der Waals surface area contributed by atoms with Crippen LogP contribution in [-0.4, -0.2) is 17.9 Å². The van der Waals surface area contributed by atoms with Gasteiger partial charge in [0.25, 0.3) is 0 Å². The minimum atomic E-state index is -0.185. The van der Waals surface area contributed by atoms with E-state index in [4.69, 9.17) is 4.74 Å². The molecule has 5 heteroatoms. The Bertz CT molecular complexity index is 973. The molecular weight excluding hydrogens is 400 g/mol. The number of hydrogen-bond donors (Lipinski definition) is 2. The Morgan fingerprint density at radius 1 is 0.781 bits per heavy atom. The fourth-order valence-corrected chi connectivity index (χ4v) is 3.27. The third-order valence-corrected chi connectivity index (χ3v) is 5.08. The molecule has 2 amide bonds. The number of hydrogen-bond acceptors (Lipinski definition) is 3. The van der Waals surface area contributed by atoms with Crippen LogP contribution in [-0.2, 0) is 22.6 Å². The first-order valence-corrected chi connectivity index (χ1v) is 11.0. The van der Waals surface area contributed by atoms with Crippen molar-refractivity contribution in [3.05, 3.63) is 96.1 Å². The fraction of sp³-hybridized carbons (Fsp3) is 0.259. The number of ether oxygens (including phenoxy) is 1. The summed E-state index contributed by atoms with van der Waals surface area (Å²) in [6, 6.07) is 27.4. The maximum atomic E-state index is 12.2. The highest BCUT2D eigenvalue weighted by Crippen LogP contribution is 2.17. The summed E-state index contributed by atoms with van der Waals surface area (Å²) in [5.74, 6) is 0.441. The molecule has 5 nitrogen and oxygen atoms in total. The molecule has 0 saturated heterocycles. The van der Waals surface area contributed by atoms with Crippen molar-refractivity contribution in [2.75, 3.05) is 5.32 Å². The molecule has 0 bridgehead atoms. The summed E-state index contributed by atoms with van der Waals surface area (Å²) in [6.07, 6.45) is 2.08. The zero-order chi connectivity index (χ0) is 22.6. The monoisotopic (exact) mass is 430 g/mol.